The highest BCUT2D eigenvalue weighted by molar-refractivity contribution is 6.23. The van der Waals surface area contributed by atoms with E-state index in [1.807, 2.05) is 18.5 Å². The molecule has 62 heavy (non-hydrogen) atoms. The van der Waals surface area contributed by atoms with Crippen LogP contribution in [0.2, 0.25) is 0 Å². The van der Waals surface area contributed by atoms with Gasteiger partial charge in [0.15, 0.2) is 0 Å². The van der Waals surface area contributed by atoms with Gasteiger partial charge in [-0.05, 0) is 129 Å². The third-order valence-corrected chi connectivity index (χ3v) is 13.9. The summed E-state index contributed by atoms with van der Waals surface area (Å²) in [5.41, 5.74) is 16.9. The molecule has 2 aliphatic carbocycles. The predicted molar refractivity (Wildman–Crippen MR) is 256 cm³/mol. The second-order valence-electron chi connectivity index (χ2n) is 16.8. The van der Waals surface area contributed by atoms with Crippen LogP contribution in [0, 0.1) is 0 Å². The number of hydrogen-bond acceptors (Lipinski definition) is 2. The van der Waals surface area contributed by atoms with E-state index in [0.29, 0.717) is 5.95 Å². The summed E-state index contributed by atoms with van der Waals surface area (Å²) in [6.07, 6.45) is 3.69. The van der Waals surface area contributed by atoms with Gasteiger partial charge in [-0.3, -0.25) is 4.57 Å². The zero-order valence-corrected chi connectivity index (χ0v) is 33.5. The van der Waals surface area contributed by atoms with Crippen LogP contribution in [-0.4, -0.2) is 14.5 Å². The lowest BCUT2D eigenvalue weighted by Crippen LogP contribution is -2.26. The fourth-order valence-corrected chi connectivity index (χ4v) is 11.5. The van der Waals surface area contributed by atoms with Crippen LogP contribution in [-0.2, 0) is 5.41 Å². The summed E-state index contributed by atoms with van der Waals surface area (Å²) in [6, 6.07) is 74.4. The van der Waals surface area contributed by atoms with Crippen LogP contribution in [0.15, 0.2) is 213 Å². The maximum atomic E-state index is 4.87. The molecule has 0 saturated heterocycles. The first-order valence-corrected chi connectivity index (χ1v) is 21.4. The van der Waals surface area contributed by atoms with E-state index in [2.05, 4.69) is 199 Å². The second kappa shape index (κ2) is 12.4. The average Bonchev–Trinajstić information content (AvgIpc) is 3.94. The lowest BCUT2D eigenvalue weighted by atomic mass is 9.70. The average molecular weight is 786 g/mol. The molecule has 10 aromatic carbocycles. The molecule has 0 radical (unpaired) electrons. The zero-order valence-electron chi connectivity index (χ0n) is 33.5. The van der Waals surface area contributed by atoms with Crippen molar-refractivity contribution in [2.75, 3.05) is 0 Å². The van der Waals surface area contributed by atoms with Crippen LogP contribution in [0.25, 0.3) is 105 Å². The van der Waals surface area contributed by atoms with Gasteiger partial charge in [0, 0.05) is 23.2 Å². The number of fused-ring (bicyclic) bond motifs is 17. The molecule has 0 aliphatic heterocycles. The third kappa shape index (κ3) is 4.29. The molecule has 3 nitrogen and oxygen atoms in total. The Balaban J connectivity index is 1.12. The van der Waals surface area contributed by atoms with E-state index >= 15 is 0 Å². The molecule has 286 valence electrons. The van der Waals surface area contributed by atoms with Crippen molar-refractivity contribution in [3.63, 3.8) is 0 Å². The highest BCUT2D eigenvalue weighted by Crippen LogP contribution is 2.64. The minimum atomic E-state index is -0.571. The SMILES string of the molecule is c1ccc(-c2c3ccccc3c(-c3ccc4c(c3)C3(c5ccccc5-4)c4ccccc4-c4cc5c6c7ccccc7ccc6n(-c6ncccn6)c5cc43)c3ccccc23)cc1. The van der Waals surface area contributed by atoms with E-state index in [1.54, 1.807) is 0 Å². The summed E-state index contributed by atoms with van der Waals surface area (Å²) in [7, 11) is 0. The van der Waals surface area contributed by atoms with Crippen molar-refractivity contribution in [2.24, 2.45) is 0 Å². The lowest BCUT2D eigenvalue weighted by Gasteiger charge is -2.31. The van der Waals surface area contributed by atoms with Crippen molar-refractivity contribution in [3.8, 4) is 50.5 Å². The molecule has 1 spiro atoms. The van der Waals surface area contributed by atoms with Crippen LogP contribution < -0.4 is 0 Å². The highest BCUT2D eigenvalue weighted by atomic mass is 15.1. The van der Waals surface area contributed by atoms with Gasteiger partial charge < -0.3 is 0 Å². The Labute approximate surface area is 357 Å². The third-order valence-electron chi connectivity index (χ3n) is 13.9. The molecule has 0 saturated carbocycles. The van der Waals surface area contributed by atoms with Gasteiger partial charge in [0.1, 0.15) is 0 Å². The fourth-order valence-electron chi connectivity index (χ4n) is 11.5. The molecular formula is C59H35N3. The summed E-state index contributed by atoms with van der Waals surface area (Å²) in [4.78, 5) is 9.74. The van der Waals surface area contributed by atoms with Crippen molar-refractivity contribution in [3.05, 3.63) is 235 Å². The largest absolute Gasteiger partial charge is 0.278 e. The standard InChI is InChI=1S/C59H35N3/c1-2-16-37(17-3-1)55-43-21-6-8-23-45(43)56(46-24-9-7-22-44(46)55)38-27-29-42-40-19-10-12-25-49(40)59(51(42)33-38)50-26-13-11-20-41(50)47-34-48-54(35-52(47)59)62(58-60-31-14-32-61-58)53-30-28-36-15-4-5-18-39(36)57(48)53/h1-35H. The van der Waals surface area contributed by atoms with Crippen molar-refractivity contribution in [2.45, 2.75) is 5.41 Å². The van der Waals surface area contributed by atoms with Gasteiger partial charge in [0.05, 0.1) is 16.4 Å². The van der Waals surface area contributed by atoms with Gasteiger partial charge in [0.25, 0.3) is 0 Å². The predicted octanol–water partition coefficient (Wildman–Crippen LogP) is 14.7. The van der Waals surface area contributed by atoms with E-state index in [9.17, 15) is 0 Å². The second-order valence-corrected chi connectivity index (χ2v) is 16.8. The normalized spacial score (nSPS) is 14.8. The van der Waals surface area contributed by atoms with Crippen molar-refractivity contribution in [1.82, 2.24) is 14.5 Å². The first kappa shape index (κ1) is 33.7. The van der Waals surface area contributed by atoms with E-state index in [-0.39, 0.29) is 0 Å². The van der Waals surface area contributed by atoms with Crippen molar-refractivity contribution in [1.29, 1.82) is 0 Å². The van der Waals surface area contributed by atoms with E-state index < -0.39 is 5.41 Å². The molecule has 14 rings (SSSR count). The topological polar surface area (TPSA) is 30.7 Å². The van der Waals surface area contributed by atoms with Gasteiger partial charge in [-0.2, -0.15) is 0 Å². The van der Waals surface area contributed by atoms with Crippen LogP contribution >= 0.6 is 0 Å². The molecule has 0 amide bonds. The first-order valence-electron chi connectivity index (χ1n) is 21.4. The molecule has 2 aromatic heterocycles. The van der Waals surface area contributed by atoms with E-state index in [4.69, 9.17) is 9.97 Å². The Morgan fingerprint density at radius 2 is 0.887 bits per heavy atom. The molecule has 2 aliphatic rings. The Kier molecular flexibility index (Phi) is 6.76. The molecular weight excluding hydrogens is 751 g/mol. The monoisotopic (exact) mass is 785 g/mol. The van der Waals surface area contributed by atoms with Crippen LogP contribution in [0.4, 0.5) is 0 Å². The molecule has 3 heteroatoms. The Morgan fingerprint density at radius 3 is 1.58 bits per heavy atom. The smallest absolute Gasteiger partial charge is 0.234 e. The fraction of sp³-hybridized carbons (Fsp3) is 0.0169. The van der Waals surface area contributed by atoms with Gasteiger partial charge in [-0.15, -0.1) is 0 Å². The molecule has 0 bridgehead atoms. The number of aromatic nitrogens is 3. The minimum Gasteiger partial charge on any atom is -0.278 e. The van der Waals surface area contributed by atoms with Gasteiger partial charge in [-0.25, -0.2) is 9.97 Å². The number of hydrogen-bond donors (Lipinski definition) is 0. The Morgan fingerprint density at radius 1 is 0.339 bits per heavy atom. The summed E-state index contributed by atoms with van der Waals surface area (Å²) in [5, 5.41) is 9.89. The van der Waals surface area contributed by atoms with E-state index in [0.717, 1.165) is 11.0 Å². The quantitative estimate of drug-likeness (QED) is 0.167. The number of rotatable bonds is 3. The molecule has 12 aromatic rings. The number of benzene rings is 10. The highest BCUT2D eigenvalue weighted by Gasteiger charge is 2.52. The van der Waals surface area contributed by atoms with Crippen LogP contribution in [0.3, 0.4) is 0 Å². The van der Waals surface area contributed by atoms with Gasteiger partial charge >= 0.3 is 0 Å². The molecule has 1 atom stereocenters. The Bertz CT molecular complexity index is 3810. The zero-order chi connectivity index (χ0) is 40.5. The summed E-state index contributed by atoms with van der Waals surface area (Å²) < 4.78 is 2.28. The van der Waals surface area contributed by atoms with Crippen molar-refractivity contribution >= 4 is 54.1 Å². The van der Waals surface area contributed by atoms with E-state index in [1.165, 1.54) is 110 Å². The van der Waals surface area contributed by atoms with Gasteiger partial charge in [-0.1, -0.05) is 170 Å². The first-order chi connectivity index (χ1) is 30.8. The van der Waals surface area contributed by atoms with Gasteiger partial charge in [0.2, 0.25) is 5.95 Å². The van der Waals surface area contributed by atoms with Crippen LogP contribution in [0.1, 0.15) is 22.3 Å². The molecule has 1 unspecified atom stereocenters. The number of nitrogens with zero attached hydrogens (tertiary/aromatic N) is 3. The van der Waals surface area contributed by atoms with Crippen LogP contribution in [0.5, 0.6) is 0 Å². The summed E-state index contributed by atoms with van der Waals surface area (Å²) >= 11 is 0. The van der Waals surface area contributed by atoms with Crippen molar-refractivity contribution < 1.29 is 0 Å². The maximum absolute atomic E-state index is 4.87. The lowest BCUT2D eigenvalue weighted by molar-refractivity contribution is 0.794. The minimum absolute atomic E-state index is 0.571. The summed E-state index contributed by atoms with van der Waals surface area (Å²) in [6.45, 7) is 0. The maximum Gasteiger partial charge on any atom is 0.234 e. The molecule has 0 N–H and O–H groups in total. The molecule has 2 heterocycles. The summed E-state index contributed by atoms with van der Waals surface area (Å²) in [5.74, 6) is 0.666. The Hall–Kier alpha value is -8.14. The molecule has 0 fully saturated rings.